The number of aliphatic hydroxyl groups excluding tert-OH is 1. The predicted octanol–water partition coefficient (Wildman–Crippen LogP) is 1.71. The first kappa shape index (κ1) is 23.6. The monoisotopic (exact) mass is 448 g/mol. The summed E-state index contributed by atoms with van der Waals surface area (Å²) in [4.78, 5) is 18.2. The lowest BCUT2D eigenvalue weighted by molar-refractivity contribution is -0.137. The van der Waals surface area contributed by atoms with E-state index in [-0.39, 0.29) is 29.4 Å². The van der Waals surface area contributed by atoms with Crippen LogP contribution < -0.4 is 14.9 Å². The number of hydrogen-bond donors (Lipinski definition) is 3. The highest BCUT2D eigenvalue weighted by Crippen LogP contribution is 2.30. The highest BCUT2D eigenvalue weighted by molar-refractivity contribution is 7.89. The molecule has 0 bridgehead atoms. The molecule has 0 aromatic heterocycles. The van der Waals surface area contributed by atoms with Crippen LogP contribution in [0, 0.1) is 0 Å². The quantitative estimate of drug-likeness (QED) is 0.504. The summed E-state index contributed by atoms with van der Waals surface area (Å²) < 4.78 is 66.2. The van der Waals surface area contributed by atoms with Gasteiger partial charge in [-0.05, 0) is 48.5 Å². The summed E-state index contributed by atoms with van der Waals surface area (Å²) in [6, 6.07) is 8.95. The van der Waals surface area contributed by atoms with Crippen LogP contribution in [-0.4, -0.2) is 45.8 Å². The summed E-state index contributed by atoms with van der Waals surface area (Å²) in [6.07, 6.45) is -5.58. The number of nitrogens with one attached hydrogen (secondary N) is 2. The maximum Gasteiger partial charge on any atom is 0.416 e. The predicted molar refractivity (Wildman–Crippen MR) is 99.1 cm³/mol. The van der Waals surface area contributed by atoms with Crippen LogP contribution in [0.25, 0.3) is 0 Å². The van der Waals surface area contributed by atoms with Crippen molar-refractivity contribution in [1.29, 1.82) is 0 Å². The van der Waals surface area contributed by atoms with E-state index >= 15 is 0 Å². The van der Waals surface area contributed by atoms with Crippen LogP contribution in [0.3, 0.4) is 0 Å². The van der Waals surface area contributed by atoms with Gasteiger partial charge in [0.05, 0.1) is 17.6 Å². The van der Waals surface area contributed by atoms with E-state index in [9.17, 15) is 31.5 Å². The number of aliphatic hydroxyl groups is 1. The summed E-state index contributed by atoms with van der Waals surface area (Å²) in [5.74, 6) is -0.429. The van der Waals surface area contributed by atoms with E-state index in [0.29, 0.717) is 0 Å². The number of benzene rings is 2. The molecule has 164 valence electrons. The largest absolute Gasteiger partial charge is 0.491 e. The van der Waals surface area contributed by atoms with Crippen molar-refractivity contribution in [2.75, 3.05) is 20.3 Å². The second-order valence-electron chi connectivity index (χ2n) is 6.01. The van der Waals surface area contributed by atoms with E-state index < -0.39 is 33.8 Å². The van der Waals surface area contributed by atoms with Crippen LogP contribution >= 0.6 is 0 Å². The van der Waals surface area contributed by atoms with Gasteiger partial charge in [-0.25, -0.2) is 8.42 Å². The van der Waals surface area contributed by atoms with E-state index in [1.54, 1.807) is 0 Å². The number of carbonyl (C=O) groups excluding carboxylic acids is 1. The minimum Gasteiger partial charge on any atom is -0.491 e. The molecule has 30 heavy (non-hydrogen) atoms. The van der Waals surface area contributed by atoms with Crippen LogP contribution in [0.4, 0.5) is 13.2 Å². The molecule has 1 unspecified atom stereocenters. The topological polar surface area (TPSA) is 114 Å². The van der Waals surface area contributed by atoms with E-state index in [4.69, 9.17) is 4.74 Å². The Kier molecular flexibility index (Phi) is 7.78. The van der Waals surface area contributed by atoms with Crippen molar-refractivity contribution < 1.29 is 41.1 Å². The van der Waals surface area contributed by atoms with Crippen LogP contribution in [0.2, 0.25) is 0 Å². The van der Waals surface area contributed by atoms with Gasteiger partial charge in [0.15, 0.2) is 0 Å². The Morgan fingerprint density at radius 1 is 1.10 bits per heavy atom. The molecule has 12 heteroatoms. The van der Waals surface area contributed by atoms with Crippen molar-refractivity contribution in [3.8, 4) is 5.75 Å². The number of carbonyl (C=O) groups is 1. The lowest BCUT2D eigenvalue weighted by atomic mass is 10.2. The second-order valence-corrected chi connectivity index (χ2v) is 7.66. The molecular formula is C18H19F3N2O6S. The molecule has 0 radical (unpaired) electrons. The number of rotatable bonds is 9. The zero-order chi connectivity index (χ0) is 22.4. The zero-order valence-corrected chi connectivity index (χ0v) is 16.5. The standard InChI is InChI=1S/C18H19F3N2O6S/c1-28-23-30(26,27)16-8-2-12(3-9-16)17(25)22-10-14(24)11-29-15-6-4-13(5-7-15)18(19,20)21/h2-9,14,23-24H,10-11H2,1H3,(H,22,25). The molecule has 2 aromatic carbocycles. The first-order valence-electron chi connectivity index (χ1n) is 8.44. The number of amides is 1. The summed E-state index contributed by atoms with van der Waals surface area (Å²) in [5.41, 5.74) is -0.665. The third-order valence-corrected chi connectivity index (χ3v) is 5.02. The fourth-order valence-electron chi connectivity index (χ4n) is 2.25. The summed E-state index contributed by atoms with van der Waals surface area (Å²) in [5, 5.41) is 12.3. The molecule has 0 aliphatic heterocycles. The average Bonchev–Trinajstić information content (AvgIpc) is 2.70. The van der Waals surface area contributed by atoms with Gasteiger partial charge in [0.25, 0.3) is 15.9 Å². The van der Waals surface area contributed by atoms with Gasteiger partial charge < -0.3 is 15.2 Å². The van der Waals surface area contributed by atoms with Gasteiger partial charge in [-0.2, -0.15) is 13.2 Å². The Morgan fingerprint density at radius 2 is 1.70 bits per heavy atom. The highest BCUT2D eigenvalue weighted by Gasteiger charge is 2.30. The molecule has 1 atom stereocenters. The van der Waals surface area contributed by atoms with E-state index in [1.807, 2.05) is 4.89 Å². The van der Waals surface area contributed by atoms with E-state index in [1.165, 1.54) is 24.3 Å². The lowest BCUT2D eigenvalue weighted by Gasteiger charge is -2.14. The van der Waals surface area contributed by atoms with Crippen molar-refractivity contribution >= 4 is 15.9 Å². The van der Waals surface area contributed by atoms with Crippen molar-refractivity contribution in [1.82, 2.24) is 10.2 Å². The molecule has 0 aliphatic rings. The number of halogens is 3. The van der Waals surface area contributed by atoms with Crippen LogP contribution in [0.5, 0.6) is 5.75 Å². The number of hydrogen-bond acceptors (Lipinski definition) is 6. The molecule has 0 fully saturated rings. The van der Waals surface area contributed by atoms with E-state index in [0.717, 1.165) is 31.4 Å². The third-order valence-electron chi connectivity index (χ3n) is 3.74. The zero-order valence-electron chi connectivity index (χ0n) is 15.6. The smallest absolute Gasteiger partial charge is 0.416 e. The van der Waals surface area contributed by atoms with Gasteiger partial charge in [0.2, 0.25) is 0 Å². The Morgan fingerprint density at radius 3 is 2.23 bits per heavy atom. The molecule has 0 spiro atoms. The first-order chi connectivity index (χ1) is 14.0. The summed E-state index contributed by atoms with van der Waals surface area (Å²) in [7, 11) is -2.70. The Balaban J connectivity index is 1.83. The molecule has 2 rings (SSSR count). The van der Waals surface area contributed by atoms with Crippen molar-refractivity contribution in [2.24, 2.45) is 0 Å². The Labute approximate surface area is 170 Å². The fraction of sp³-hybridized carbons (Fsp3) is 0.278. The number of alkyl halides is 3. The molecule has 2 aromatic rings. The maximum absolute atomic E-state index is 12.5. The van der Waals surface area contributed by atoms with Gasteiger partial charge in [-0.3, -0.25) is 9.63 Å². The van der Waals surface area contributed by atoms with Crippen molar-refractivity contribution in [2.45, 2.75) is 17.2 Å². The Hall–Kier alpha value is -2.67. The van der Waals surface area contributed by atoms with Gasteiger partial charge in [0.1, 0.15) is 18.5 Å². The minimum absolute atomic E-state index is 0.106. The Bertz CT molecular complexity index is 947. The maximum atomic E-state index is 12.5. The SMILES string of the molecule is CONS(=O)(=O)c1ccc(C(=O)NCC(O)COc2ccc(C(F)(F)F)cc2)cc1. The van der Waals surface area contributed by atoms with Gasteiger partial charge >= 0.3 is 6.18 Å². The molecule has 8 nitrogen and oxygen atoms in total. The molecule has 0 saturated heterocycles. The highest BCUT2D eigenvalue weighted by atomic mass is 32.2. The normalized spacial score (nSPS) is 13.0. The summed E-state index contributed by atoms with van der Waals surface area (Å²) >= 11 is 0. The molecule has 3 N–H and O–H groups in total. The number of ether oxygens (including phenoxy) is 1. The second kappa shape index (κ2) is 9.89. The lowest BCUT2D eigenvalue weighted by Crippen LogP contribution is -2.35. The average molecular weight is 448 g/mol. The van der Waals surface area contributed by atoms with E-state index in [2.05, 4.69) is 10.2 Å². The van der Waals surface area contributed by atoms with Crippen molar-refractivity contribution in [3.05, 3.63) is 59.7 Å². The first-order valence-corrected chi connectivity index (χ1v) is 9.92. The van der Waals surface area contributed by atoms with Gasteiger partial charge in [-0.15, -0.1) is 0 Å². The summed E-state index contributed by atoms with van der Waals surface area (Å²) in [6.45, 7) is -0.448. The van der Waals surface area contributed by atoms with Crippen LogP contribution in [-0.2, 0) is 21.0 Å². The van der Waals surface area contributed by atoms with Crippen LogP contribution in [0.15, 0.2) is 53.4 Å². The molecule has 0 saturated carbocycles. The van der Waals surface area contributed by atoms with Crippen LogP contribution in [0.1, 0.15) is 15.9 Å². The fourth-order valence-corrected chi connectivity index (χ4v) is 3.06. The molecular weight excluding hydrogens is 429 g/mol. The van der Waals surface area contributed by atoms with Crippen molar-refractivity contribution in [3.63, 3.8) is 0 Å². The van der Waals surface area contributed by atoms with Gasteiger partial charge in [0, 0.05) is 12.1 Å². The molecule has 0 aliphatic carbocycles. The molecule has 0 heterocycles. The number of sulfonamides is 1. The third kappa shape index (κ3) is 6.69. The minimum atomic E-state index is -4.45. The molecule has 1 amide bonds. The van der Waals surface area contributed by atoms with Gasteiger partial charge in [-0.1, -0.05) is 4.89 Å².